The van der Waals surface area contributed by atoms with Crippen molar-refractivity contribution in [3.8, 4) is 11.5 Å². The molecule has 1 heterocycles. The summed E-state index contributed by atoms with van der Waals surface area (Å²) < 4.78 is 13.6. The predicted octanol–water partition coefficient (Wildman–Crippen LogP) is 4.93. The van der Waals surface area contributed by atoms with Gasteiger partial charge in [-0.3, -0.25) is 4.79 Å². The number of ether oxygens (including phenoxy) is 2. The van der Waals surface area contributed by atoms with Crippen molar-refractivity contribution in [2.45, 2.75) is 32.9 Å². The van der Waals surface area contributed by atoms with Crippen LogP contribution in [0.1, 0.15) is 31.3 Å². The summed E-state index contributed by atoms with van der Waals surface area (Å²) >= 11 is 0. The molecule has 1 amide bonds. The molecular weight excluding hydrogens is 414 g/mol. The Balaban J connectivity index is 1.42. The van der Waals surface area contributed by atoms with Crippen molar-refractivity contribution >= 4 is 16.9 Å². The summed E-state index contributed by atoms with van der Waals surface area (Å²) in [7, 11) is 0. The van der Waals surface area contributed by atoms with Crippen LogP contribution in [0.4, 0.5) is 0 Å². The number of rotatable bonds is 10. The van der Waals surface area contributed by atoms with E-state index in [1.165, 1.54) is 5.56 Å². The molecule has 0 radical (unpaired) electrons. The number of hydrogen-bond acceptors (Lipinski definition) is 4. The van der Waals surface area contributed by atoms with E-state index in [0.717, 1.165) is 29.0 Å². The molecule has 0 aliphatic rings. The van der Waals surface area contributed by atoms with Crippen molar-refractivity contribution < 1.29 is 14.3 Å². The molecule has 0 saturated carbocycles. The largest absolute Gasteiger partial charge is 0.492 e. The van der Waals surface area contributed by atoms with Crippen molar-refractivity contribution in [2.24, 2.45) is 0 Å². The Labute approximate surface area is 194 Å². The molecule has 0 aliphatic carbocycles. The molecule has 0 fully saturated rings. The van der Waals surface area contributed by atoms with Gasteiger partial charge in [0.15, 0.2) is 6.61 Å². The lowest BCUT2D eigenvalue weighted by Crippen LogP contribution is -2.33. The van der Waals surface area contributed by atoms with Crippen LogP contribution >= 0.6 is 0 Å². The van der Waals surface area contributed by atoms with Crippen LogP contribution in [0.25, 0.3) is 11.0 Å². The first-order chi connectivity index (χ1) is 16.1. The molecule has 0 aliphatic heterocycles. The minimum atomic E-state index is -0.284. The van der Waals surface area contributed by atoms with Gasteiger partial charge in [0, 0.05) is 0 Å². The number of nitrogens with zero attached hydrogens (tertiary/aromatic N) is 2. The molecule has 0 bridgehead atoms. The quantitative estimate of drug-likeness (QED) is 0.377. The number of carbonyl (C=O) groups excluding carboxylic acids is 1. The summed E-state index contributed by atoms with van der Waals surface area (Å²) in [5.74, 6) is 2.10. The Morgan fingerprint density at radius 3 is 2.39 bits per heavy atom. The second-order valence-corrected chi connectivity index (χ2v) is 7.85. The van der Waals surface area contributed by atoms with E-state index in [1.807, 2.05) is 73.7 Å². The third kappa shape index (κ3) is 5.71. The van der Waals surface area contributed by atoms with Crippen LogP contribution in [-0.2, 0) is 17.8 Å². The lowest BCUT2D eigenvalue weighted by molar-refractivity contribution is -0.123. The van der Waals surface area contributed by atoms with Crippen LogP contribution in [-0.4, -0.2) is 28.7 Å². The molecule has 33 heavy (non-hydrogen) atoms. The van der Waals surface area contributed by atoms with Crippen molar-refractivity contribution in [3.63, 3.8) is 0 Å². The average Bonchev–Trinajstić information content (AvgIpc) is 3.23. The number of aryl methyl sites for hydroxylation is 1. The maximum atomic E-state index is 12.5. The standard InChI is InChI=1S/C27H29N3O3/c1-3-21-13-15-23(16-14-21)32-18-17-30-25-12-8-7-11-24(25)29-27(30)20(2)28-26(31)19-33-22-9-5-4-6-10-22/h4-16,20H,3,17-19H2,1-2H3,(H,28,31). The van der Waals surface area contributed by atoms with Crippen LogP contribution < -0.4 is 14.8 Å². The zero-order valence-electron chi connectivity index (χ0n) is 19.0. The summed E-state index contributed by atoms with van der Waals surface area (Å²) in [6, 6.07) is 25.2. The minimum absolute atomic E-state index is 0.0502. The molecular formula is C27H29N3O3. The van der Waals surface area contributed by atoms with Gasteiger partial charge in [-0.25, -0.2) is 4.98 Å². The second kappa shape index (κ2) is 10.7. The first kappa shape index (κ1) is 22.4. The normalized spacial score (nSPS) is 11.8. The lowest BCUT2D eigenvalue weighted by atomic mass is 10.2. The fourth-order valence-electron chi connectivity index (χ4n) is 3.75. The molecule has 1 aromatic heterocycles. The topological polar surface area (TPSA) is 65.4 Å². The minimum Gasteiger partial charge on any atom is -0.492 e. The van der Waals surface area contributed by atoms with E-state index in [9.17, 15) is 4.79 Å². The van der Waals surface area contributed by atoms with Gasteiger partial charge in [0.25, 0.3) is 5.91 Å². The molecule has 3 aromatic carbocycles. The number of fused-ring (bicyclic) bond motifs is 1. The number of nitrogens with one attached hydrogen (secondary N) is 1. The number of carbonyl (C=O) groups is 1. The summed E-state index contributed by atoms with van der Waals surface area (Å²) in [4.78, 5) is 17.3. The molecule has 170 valence electrons. The van der Waals surface area contributed by atoms with Crippen molar-refractivity contribution in [3.05, 3.63) is 90.3 Å². The van der Waals surface area contributed by atoms with E-state index in [0.29, 0.717) is 18.9 Å². The van der Waals surface area contributed by atoms with E-state index in [1.54, 1.807) is 0 Å². The van der Waals surface area contributed by atoms with Gasteiger partial charge in [0.1, 0.15) is 23.9 Å². The van der Waals surface area contributed by atoms with Crippen LogP contribution in [0.3, 0.4) is 0 Å². The van der Waals surface area contributed by atoms with Crippen LogP contribution in [0.15, 0.2) is 78.9 Å². The third-order valence-electron chi connectivity index (χ3n) is 5.48. The van der Waals surface area contributed by atoms with Gasteiger partial charge < -0.3 is 19.4 Å². The number of aromatic nitrogens is 2. The average molecular weight is 444 g/mol. The maximum absolute atomic E-state index is 12.5. The molecule has 1 N–H and O–H groups in total. The Hall–Kier alpha value is -3.80. The van der Waals surface area contributed by atoms with Crippen LogP contribution in [0.2, 0.25) is 0 Å². The van der Waals surface area contributed by atoms with Gasteiger partial charge in [-0.2, -0.15) is 0 Å². The number of amides is 1. The number of imidazole rings is 1. The summed E-state index contributed by atoms with van der Waals surface area (Å²) in [6.45, 7) is 5.13. The summed E-state index contributed by atoms with van der Waals surface area (Å²) in [5, 5.41) is 3.00. The number of para-hydroxylation sites is 3. The first-order valence-corrected chi connectivity index (χ1v) is 11.3. The third-order valence-corrected chi connectivity index (χ3v) is 5.48. The van der Waals surface area contributed by atoms with E-state index in [4.69, 9.17) is 14.5 Å². The van der Waals surface area contributed by atoms with Gasteiger partial charge in [-0.05, 0) is 55.3 Å². The monoisotopic (exact) mass is 443 g/mol. The molecule has 1 unspecified atom stereocenters. The van der Waals surface area contributed by atoms with Crippen LogP contribution in [0, 0.1) is 0 Å². The van der Waals surface area contributed by atoms with Gasteiger partial charge in [0.05, 0.1) is 23.6 Å². The van der Waals surface area contributed by atoms with Crippen molar-refractivity contribution in [2.75, 3.05) is 13.2 Å². The Kier molecular flexibility index (Phi) is 7.25. The van der Waals surface area contributed by atoms with Gasteiger partial charge >= 0.3 is 0 Å². The number of benzene rings is 3. The second-order valence-electron chi connectivity index (χ2n) is 7.85. The molecule has 6 nitrogen and oxygen atoms in total. The molecule has 4 aromatic rings. The van der Waals surface area contributed by atoms with E-state index in [2.05, 4.69) is 28.9 Å². The molecule has 1 atom stereocenters. The molecule has 4 rings (SSSR count). The van der Waals surface area contributed by atoms with Gasteiger partial charge in [-0.15, -0.1) is 0 Å². The Morgan fingerprint density at radius 2 is 1.64 bits per heavy atom. The van der Waals surface area contributed by atoms with Gasteiger partial charge in [0.2, 0.25) is 0 Å². The first-order valence-electron chi connectivity index (χ1n) is 11.3. The smallest absolute Gasteiger partial charge is 0.258 e. The molecule has 6 heteroatoms. The lowest BCUT2D eigenvalue weighted by Gasteiger charge is -2.17. The SMILES string of the molecule is CCc1ccc(OCCn2c(C(C)NC(=O)COc3ccccc3)nc3ccccc32)cc1. The summed E-state index contributed by atoms with van der Waals surface area (Å²) in [5.41, 5.74) is 3.19. The predicted molar refractivity (Wildman–Crippen MR) is 130 cm³/mol. The number of hydrogen-bond donors (Lipinski definition) is 1. The maximum Gasteiger partial charge on any atom is 0.258 e. The van der Waals surface area contributed by atoms with Gasteiger partial charge in [-0.1, -0.05) is 49.4 Å². The zero-order chi connectivity index (χ0) is 23.0. The highest BCUT2D eigenvalue weighted by Gasteiger charge is 2.18. The molecule has 0 saturated heterocycles. The van der Waals surface area contributed by atoms with Crippen molar-refractivity contribution in [1.82, 2.24) is 14.9 Å². The highest BCUT2D eigenvalue weighted by Crippen LogP contribution is 2.21. The molecule has 0 spiro atoms. The van der Waals surface area contributed by atoms with Crippen molar-refractivity contribution in [1.29, 1.82) is 0 Å². The van der Waals surface area contributed by atoms with E-state index < -0.39 is 0 Å². The fourth-order valence-corrected chi connectivity index (χ4v) is 3.75. The van der Waals surface area contributed by atoms with Crippen LogP contribution in [0.5, 0.6) is 11.5 Å². The highest BCUT2D eigenvalue weighted by molar-refractivity contribution is 5.79. The Morgan fingerprint density at radius 1 is 0.939 bits per heavy atom. The fraction of sp³-hybridized carbons (Fsp3) is 0.259. The Bertz CT molecular complexity index is 1190. The van der Waals surface area contributed by atoms with E-state index in [-0.39, 0.29) is 18.6 Å². The van der Waals surface area contributed by atoms with E-state index >= 15 is 0 Å². The summed E-state index contributed by atoms with van der Waals surface area (Å²) in [6.07, 6.45) is 1.00. The highest BCUT2D eigenvalue weighted by atomic mass is 16.5. The zero-order valence-corrected chi connectivity index (χ0v) is 19.0.